The van der Waals surface area contributed by atoms with Crippen LogP contribution in [0.25, 0.3) is 22.2 Å². The van der Waals surface area contributed by atoms with Crippen LogP contribution < -0.4 is 0 Å². The maximum Gasteiger partial charge on any atom is 0.410 e. The number of hydrogen-bond acceptors (Lipinski definition) is 6. The van der Waals surface area contributed by atoms with Crippen LogP contribution >= 0.6 is 0 Å². The van der Waals surface area contributed by atoms with Crippen molar-refractivity contribution >= 4 is 22.9 Å². The van der Waals surface area contributed by atoms with Crippen molar-refractivity contribution < 1.29 is 19.0 Å². The molecule has 2 fully saturated rings. The van der Waals surface area contributed by atoms with E-state index in [1.165, 1.54) is 22.3 Å². The minimum Gasteiger partial charge on any atom is -0.448 e. The van der Waals surface area contributed by atoms with Gasteiger partial charge in [0.05, 0.1) is 0 Å². The Kier molecular flexibility index (Phi) is 5.30. The molecule has 2 aliphatic heterocycles. The highest BCUT2D eigenvalue weighted by Crippen LogP contribution is 2.45. The van der Waals surface area contributed by atoms with E-state index in [1.807, 2.05) is 17.0 Å². The Hall–Kier alpha value is -4.00. The Labute approximate surface area is 214 Å². The fourth-order valence-corrected chi connectivity index (χ4v) is 6.73. The first-order valence-corrected chi connectivity index (χ1v) is 13.1. The first-order valence-electron chi connectivity index (χ1n) is 13.1. The number of carbonyl (C=O) groups is 2. The molecular formula is C30H27N3O4. The molecule has 3 aromatic carbocycles. The van der Waals surface area contributed by atoms with Gasteiger partial charge in [0, 0.05) is 29.5 Å². The molecule has 2 unspecified atom stereocenters. The summed E-state index contributed by atoms with van der Waals surface area (Å²) in [5.41, 5.74) is 6.70. The average molecular weight is 494 g/mol. The molecule has 0 saturated carbocycles. The standard InChI is InChI=1S/C30H27N3O4/c34-29(18-12-13-27-28(16-18)32-37-31-27)19-14-20-6-5-7-21(15-19)33(20)30(35)36-17-26-24-10-3-1-8-22(24)23-9-2-4-11-25(23)26/h1-4,8-13,16,19-21,26H,5-7,14-15,17H2. The number of amides is 1. The molecule has 1 amide bonds. The van der Waals surface area contributed by atoms with E-state index in [2.05, 4.69) is 46.7 Å². The van der Waals surface area contributed by atoms with Gasteiger partial charge in [0.25, 0.3) is 0 Å². The molecule has 0 spiro atoms. The number of rotatable bonds is 4. The average Bonchev–Trinajstić information content (AvgIpc) is 3.53. The highest BCUT2D eigenvalue weighted by atomic mass is 16.6. The van der Waals surface area contributed by atoms with Crippen LogP contribution in [0.3, 0.4) is 0 Å². The van der Waals surface area contributed by atoms with Gasteiger partial charge in [-0.2, -0.15) is 0 Å². The molecule has 2 saturated heterocycles. The van der Waals surface area contributed by atoms with Gasteiger partial charge in [0.15, 0.2) is 5.78 Å². The number of aromatic nitrogens is 2. The summed E-state index contributed by atoms with van der Waals surface area (Å²) in [6.45, 7) is 0.316. The molecule has 4 aromatic rings. The second-order valence-corrected chi connectivity index (χ2v) is 10.5. The molecule has 37 heavy (non-hydrogen) atoms. The number of carbonyl (C=O) groups excluding carboxylic acids is 2. The lowest BCUT2D eigenvalue weighted by Gasteiger charge is -2.47. The Morgan fingerprint density at radius 2 is 1.51 bits per heavy atom. The van der Waals surface area contributed by atoms with Crippen LogP contribution in [-0.4, -0.2) is 45.8 Å². The maximum absolute atomic E-state index is 13.4. The minimum atomic E-state index is -0.252. The first-order chi connectivity index (χ1) is 18.2. The Bertz CT molecular complexity index is 1450. The number of fused-ring (bicyclic) bond motifs is 6. The molecule has 0 radical (unpaired) electrons. The molecule has 7 heteroatoms. The summed E-state index contributed by atoms with van der Waals surface area (Å²) >= 11 is 0. The van der Waals surface area contributed by atoms with Gasteiger partial charge in [0.2, 0.25) is 0 Å². The van der Waals surface area contributed by atoms with Crippen LogP contribution in [0.5, 0.6) is 0 Å². The van der Waals surface area contributed by atoms with Crippen LogP contribution in [0.2, 0.25) is 0 Å². The summed E-state index contributed by atoms with van der Waals surface area (Å²) in [5.74, 6) is 0.0236. The van der Waals surface area contributed by atoms with Crippen molar-refractivity contribution in [1.82, 2.24) is 15.2 Å². The monoisotopic (exact) mass is 493 g/mol. The number of ketones is 1. The molecule has 7 nitrogen and oxygen atoms in total. The largest absolute Gasteiger partial charge is 0.448 e. The molecule has 1 aliphatic carbocycles. The summed E-state index contributed by atoms with van der Waals surface area (Å²) in [5, 5.41) is 7.70. The van der Waals surface area contributed by atoms with E-state index in [1.54, 1.807) is 18.2 Å². The third-order valence-corrected chi connectivity index (χ3v) is 8.43. The lowest BCUT2D eigenvalue weighted by atomic mass is 9.76. The minimum absolute atomic E-state index is 0.0227. The SMILES string of the molecule is O=C(c1ccc2nonc2c1)C1CC2CCCC(C1)N2C(=O)OCC1c2ccccc2-c2ccccc21. The van der Waals surface area contributed by atoms with E-state index in [0.29, 0.717) is 36.0 Å². The number of ether oxygens (including phenoxy) is 1. The number of benzene rings is 3. The van der Waals surface area contributed by atoms with E-state index >= 15 is 0 Å². The van der Waals surface area contributed by atoms with E-state index in [0.717, 1.165) is 19.3 Å². The Balaban J connectivity index is 1.07. The smallest absolute Gasteiger partial charge is 0.410 e. The zero-order valence-electron chi connectivity index (χ0n) is 20.4. The highest BCUT2D eigenvalue weighted by molar-refractivity contribution is 6.00. The third-order valence-electron chi connectivity index (χ3n) is 8.43. The fourth-order valence-electron chi connectivity index (χ4n) is 6.73. The van der Waals surface area contributed by atoms with Crippen LogP contribution in [0.15, 0.2) is 71.4 Å². The zero-order valence-corrected chi connectivity index (χ0v) is 20.4. The fraction of sp³-hybridized carbons (Fsp3) is 0.333. The molecule has 3 heterocycles. The van der Waals surface area contributed by atoms with Gasteiger partial charge in [-0.3, -0.25) is 4.79 Å². The van der Waals surface area contributed by atoms with Gasteiger partial charge in [0.1, 0.15) is 17.6 Å². The van der Waals surface area contributed by atoms with Crippen molar-refractivity contribution in [3.05, 3.63) is 83.4 Å². The molecule has 3 aliphatic rings. The van der Waals surface area contributed by atoms with Crippen molar-refractivity contribution in [3.8, 4) is 11.1 Å². The molecule has 0 N–H and O–H groups in total. The summed E-state index contributed by atoms with van der Waals surface area (Å²) in [4.78, 5) is 28.8. The lowest BCUT2D eigenvalue weighted by Crippen LogP contribution is -2.55. The van der Waals surface area contributed by atoms with Gasteiger partial charge in [-0.05, 0) is 82.9 Å². The second-order valence-electron chi connectivity index (χ2n) is 10.5. The van der Waals surface area contributed by atoms with Gasteiger partial charge in [-0.25, -0.2) is 9.42 Å². The number of Topliss-reactive ketones (excluding diaryl/α,β-unsaturated/α-hetero) is 1. The van der Waals surface area contributed by atoms with Crippen molar-refractivity contribution in [3.63, 3.8) is 0 Å². The zero-order chi connectivity index (χ0) is 24.9. The quantitative estimate of drug-likeness (QED) is 0.325. The highest BCUT2D eigenvalue weighted by Gasteiger charge is 2.44. The normalized spacial score (nSPS) is 22.5. The summed E-state index contributed by atoms with van der Waals surface area (Å²) in [6, 6.07) is 22.1. The predicted molar refractivity (Wildman–Crippen MR) is 137 cm³/mol. The molecule has 186 valence electrons. The van der Waals surface area contributed by atoms with Crippen molar-refractivity contribution in [2.75, 3.05) is 6.61 Å². The van der Waals surface area contributed by atoms with Crippen LogP contribution in [0.1, 0.15) is 59.5 Å². The topological polar surface area (TPSA) is 85.5 Å². The Morgan fingerprint density at radius 3 is 2.22 bits per heavy atom. The van der Waals surface area contributed by atoms with Gasteiger partial charge < -0.3 is 9.64 Å². The summed E-state index contributed by atoms with van der Waals surface area (Å²) < 4.78 is 10.8. The maximum atomic E-state index is 13.4. The van der Waals surface area contributed by atoms with E-state index in [4.69, 9.17) is 9.37 Å². The molecule has 2 bridgehead atoms. The van der Waals surface area contributed by atoms with Crippen molar-refractivity contribution in [1.29, 1.82) is 0 Å². The number of piperidine rings is 2. The molecular weight excluding hydrogens is 466 g/mol. The van der Waals surface area contributed by atoms with Crippen LogP contribution in [0.4, 0.5) is 4.79 Å². The van der Waals surface area contributed by atoms with Gasteiger partial charge in [-0.15, -0.1) is 0 Å². The van der Waals surface area contributed by atoms with E-state index in [9.17, 15) is 9.59 Å². The van der Waals surface area contributed by atoms with Crippen LogP contribution in [-0.2, 0) is 4.74 Å². The third kappa shape index (κ3) is 3.72. The van der Waals surface area contributed by atoms with Crippen molar-refractivity contribution in [2.45, 2.75) is 50.1 Å². The molecule has 2 atom stereocenters. The molecule has 1 aromatic heterocycles. The lowest BCUT2D eigenvalue weighted by molar-refractivity contribution is 0.00651. The summed E-state index contributed by atoms with van der Waals surface area (Å²) in [6.07, 6.45) is 3.94. The molecule has 7 rings (SSSR count). The van der Waals surface area contributed by atoms with Gasteiger partial charge >= 0.3 is 6.09 Å². The summed E-state index contributed by atoms with van der Waals surface area (Å²) in [7, 11) is 0. The van der Waals surface area contributed by atoms with E-state index in [-0.39, 0.29) is 35.8 Å². The van der Waals surface area contributed by atoms with Crippen molar-refractivity contribution in [2.24, 2.45) is 5.92 Å². The van der Waals surface area contributed by atoms with Crippen LogP contribution in [0, 0.1) is 5.92 Å². The second kappa shape index (κ2) is 8.83. The van der Waals surface area contributed by atoms with E-state index < -0.39 is 0 Å². The number of nitrogens with zero attached hydrogens (tertiary/aromatic N) is 3. The Morgan fingerprint density at radius 1 is 0.865 bits per heavy atom. The number of hydrogen-bond donors (Lipinski definition) is 0. The van der Waals surface area contributed by atoms with Gasteiger partial charge in [-0.1, -0.05) is 48.5 Å². The first kappa shape index (κ1) is 22.2. The predicted octanol–water partition coefficient (Wildman–Crippen LogP) is 5.99.